The molecule has 0 unspecified atom stereocenters. The molecule has 0 aromatic carbocycles. The Morgan fingerprint density at radius 3 is 0.786 bits per heavy atom. The van der Waals surface area contributed by atoms with Crippen LogP contribution < -0.4 is 20.4 Å². The van der Waals surface area contributed by atoms with Gasteiger partial charge in [0.05, 0.1) is 23.9 Å². The zero-order valence-electron chi connectivity index (χ0n) is 6.27. The van der Waals surface area contributed by atoms with Crippen molar-refractivity contribution >= 4 is 23.9 Å². The van der Waals surface area contributed by atoms with Crippen molar-refractivity contribution in [3.05, 3.63) is 0 Å². The molecule has 0 rings (SSSR count). The van der Waals surface area contributed by atoms with Crippen molar-refractivity contribution in [1.29, 1.82) is 0 Å². The maximum atomic E-state index is 9.97. The van der Waals surface area contributed by atoms with Gasteiger partial charge in [-0.25, -0.2) is 0 Å². The summed E-state index contributed by atoms with van der Waals surface area (Å²) in [4.78, 5) is 39.9. The Kier molecular flexibility index (Phi) is 5.28. The summed E-state index contributed by atoms with van der Waals surface area (Å²) < 4.78 is 0. The molecule has 0 atom stereocenters. The smallest absolute Gasteiger partial charge is 0.548 e. The largest absolute Gasteiger partial charge is 4.00 e. The van der Waals surface area contributed by atoms with Crippen LogP contribution in [0.1, 0.15) is 0 Å². The molecule has 0 spiro atoms. The minimum Gasteiger partial charge on any atom is -0.548 e. The first-order chi connectivity index (χ1) is 5.77. The van der Waals surface area contributed by atoms with Gasteiger partial charge in [-0.1, -0.05) is 0 Å². The second-order valence-electron chi connectivity index (χ2n) is 1.90. The number of carbonyl (C=O) groups excluding carboxylic acids is 4. The molecule has 0 heterocycles. The maximum Gasteiger partial charge on any atom is 4.00 e. The Balaban J connectivity index is 0. The SMILES string of the molecule is O=C([O-])C(C(=O)[O-])(C(=O)[O-])C(=O)[O-].[Zr+4]. The third kappa shape index (κ3) is 1.98. The number of carboxylic acids is 4. The zero-order chi connectivity index (χ0) is 10.8. The monoisotopic (exact) mass is 278 g/mol. The second kappa shape index (κ2) is 4.85. The molecule has 14 heavy (non-hydrogen) atoms. The van der Waals surface area contributed by atoms with Gasteiger partial charge in [0.2, 0.25) is 0 Å². The first kappa shape index (κ1) is 15.2. The number of hydrogen-bond acceptors (Lipinski definition) is 8. The van der Waals surface area contributed by atoms with Gasteiger partial charge < -0.3 is 39.6 Å². The number of carbonyl (C=O) groups is 4. The Morgan fingerprint density at radius 1 is 0.643 bits per heavy atom. The van der Waals surface area contributed by atoms with Gasteiger partial charge in [0.25, 0.3) is 0 Å². The summed E-state index contributed by atoms with van der Waals surface area (Å²) in [7, 11) is 0. The second-order valence-corrected chi connectivity index (χ2v) is 1.90. The normalized spacial score (nSPS) is 9.71. The first-order valence-electron chi connectivity index (χ1n) is 2.63. The van der Waals surface area contributed by atoms with Crippen molar-refractivity contribution in [3.8, 4) is 0 Å². The van der Waals surface area contributed by atoms with Crippen LogP contribution >= 0.6 is 0 Å². The fourth-order valence-electron chi connectivity index (χ4n) is 0.500. The van der Waals surface area contributed by atoms with Gasteiger partial charge in [0.1, 0.15) is 5.41 Å². The van der Waals surface area contributed by atoms with E-state index in [1.54, 1.807) is 0 Å². The molecule has 72 valence electrons. The molecular formula is C5O8Zr. The average Bonchev–Trinajstić information content (AvgIpc) is 1.82. The van der Waals surface area contributed by atoms with Crippen LogP contribution in [0.2, 0.25) is 0 Å². The molecule has 0 saturated carbocycles. The number of rotatable bonds is 4. The third-order valence-corrected chi connectivity index (χ3v) is 1.22. The summed E-state index contributed by atoms with van der Waals surface area (Å²) in [5.74, 6) is -11.6. The molecule has 0 radical (unpaired) electrons. The topological polar surface area (TPSA) is 161 Å². The van der Waals surface area contributed by atoms with E-state index in [9.17, 15) is 39.6 Å². The van der Waals surface area contributed by atoms with Gasteiger partial charge in [0, 0.05) is 0 Å². The number of hydrogen-bond donors (Lipinski definition) is 0. The fourth-order valence-corrected chi connectivity index (χ4v) is 0.500. The van der Waals surface area contributed by atoms with Gasteiger partial charge in [-0.3, -0.25) is 0 Å². The summed E-state index contributed by atoms with van der Waals surface area (Å²) in [6, 6.07) is 0. The molecule has 8 nitrogen and oxygen atoms in total. The molecule has 0 saturated heterocycles. The summed E-state index contributed by atoms with van der Waals surface area (Å²) >= 11 is 0. The zero-order valence-corrected chi connectivity index (χ0v) is 8.72. The van der Waals surface area contributed by atoms with Crippen LogP contribution in [0.5, 0.6) is 0 Å². The van der Waals surface area contributed by atoms with E-state index in [0.29, 0.717) is 0 Å². The van der Waals surface area contributed by atoms with Crippen molar-refractivity contribution in [1.82, 2.24) is 0 Å². The molecular weight excluding hydrogens is 279 g/mol. The van der Waals surface area contributed by atoms with Crippen molar-refractivity contribution in [2.24, 2.45) is 5.41 Å². The van der Waals surface area contributed by atoms with Gasteiger partial charge in [-0.2, -0.15) is 0 Å². The summed E-state index contributed by atoms with van der Waals surface area (Å²) in [6.07, 6.45) is 0. The quantitative estimate of drug-likeness (QED) is 0.458. The van der Waals surface area contributed by atoms with E-state index in [0.717, 1.165) is 0 Å². The van der Waals surface area contributed by atoms with E-state index in [4.69, 9.17) is 0 Å². The molecule has 9 heteroatoms. The number of aliphatic carboxylic acids is 4. The van der Waals surface area contributed by atoms with Gasteiger partial charge in [0.15, 0.2) is 0 Å². The van der Waals surface area contributed by atoms with Crippen LogP contribution in [-0.4, -0.2) is 23.9 Å². The molecule has 0 aliphatic carbocycles. The minimum atomic E-state index is -4.28. The van der Waals surface area contributed by atoms with Gasteiger partial charge in [-0.15, -0.1) is 0 Å². The van der Waals surface area contributed by atoms with E-state index in [-0.39, 0.29) is 26.2 Å². The molecule has 0 fully saturated rings. The molecule has 0 aromatic heterocycles. The Labute approximate surface area is 95.3 Å². The molecule has 0 aliphatic heterocycles. The predicted octanol–water partition coefficient (Wildman–Crippen LogP) is -7.03. The summed E-state index contributed by atoms with van der Waals surface area (Å²) in [5.41, 5.74) is -4.28. The molecule has 0 aliphatic rings. The van der Waals surface area contributed by atoms with E-state index in [1.807, 2.05) is 0 Å². The van der Waals surface area contributed by atoms with Crippen molar-refractivity contribution < 1.29 is 65.8 Å². The summed E-state index contributed by atoms with van der Waals surface area (Å²) in [5, 5.41) is 39.9. The Hall–Kier alpha value is -1.24. The molecule has 0 amide bonds. The van der Waals surface area contributed by atoms with Crippen LogP contribution in [0.4, 0.5) is 0 Å². The molecule has 0 aromatic rings. The van der Waals surface area contributed by atoms with Crippen LogP contribution in [-0.2, 0) is 45.4 Å². The van der Waals surface area contributed by atoms with Crippen molar-refractivity contribution in [2.75, 3.05) is 0 Å². The van der Waals surface area contributed by atoms with Crippen LogP contribution in [0.15, 0.2) is 0 Å². The third-order valence-electron chi connectivity index (χ3n) is 1.22. The Bertz CT molecular complexity index is 233. The van der Waals surface area contributed by atoms with Gasteiger partial charge >= 0.3 is 26.2 Å². The minimum absolute atomic E-state index is 0. The van der Waals surface area contributed by atoms with E-state index >= 15 is 0 Å². The van der Waals surface area contributed by atoms with E-state index < -0.39 is 29.3 Å². The number of carboxylic acid groups (broad SMARTS) is 4. The first-order valence-corrected chi connectivity index (χ1v) is 2.63. The fraction of sp³-hybridized carbons (Fsp3) is 0.200. The molecule has 0 N–H and O–H groups in total. The van der Waals surface area contributed by atoms with Crippen molar-refractivity contribution in [2.45, 2.75) is 0 Å². The summed E-state index contributed by atoms with van der Waals surface area (Å²) in [6.45, 7) is 0. The van der Waals surface area contributed by atoms with Crippen LogP contribution in [0, 0.1) is 5.41 Å². The van der Waals surface area contributed by atoms with Crippen LogP contribution in [0.25, 0.3) is 0 Å². The van der Waals surface area contributed by atoms with Crippen molar-refractivity contribution in [3.63, 3.8) is 0 Å². The average molecular weight is 279 g/mol. The van der Waals surface area contributed by atoms with Gasteiger partial charge in [-0.05, 0) is 0 Å². The standard InChI is InChI=1S/C5H4O8.Zr/c6-1(7)5(2(8)9,3(10)11)4(12)13;/h(H,6,7)(H,8,9)(H,10,11)(H,12,13);/q;+4/p-4. The Morgan fingerprint density at radius 2 is 0.786 bits per heavy atom. The van der Waals surface area contributed by atoms with E-state index in [1.165, 1.54) is 0 Å². The van der Waals surface area contributed by atoms with E-state index in [2.05, 4.69) is 0 Å². The molecule has 0 bridgehead atoms. The van der Waals surface area contributed by atoms with Crippen LogP contribution in [0.3, 0.4) is 0 Å². The predicted molar refractivity (Wildman–Crippen MR) is 22.5 cm³/mol. The maximum absolute atomic E-state index is 9.97.